The van der Waals surface area contributed by atoms with Gasteiger partial charge in [0.15, 0.2) is 0 Å². The highest BCUT2D eigenvalue weighted by Crippen LogP contribution is 2.21. The summed E-state index contributed by atoms with van der Waals surface area (Å²) in [6.45, 7) is 6.63. The number of benzene rings is 2. The van der Waals surface area contributed by atoms with Gasteiger partial charge in [-0.05, 0) is 50.1 Å². The summed E-state index contributed by atoms with van der Waals surface area (Å²) >= 11 is 0. The van der Waals surface area contributed by atoms with Gasteiger partial charge in [0.05, 0.1) is 12.4 Å². The quantitative estimate of drug-likeness (QED) is 0.739. The Kier molecular flexibility index (Phi) is 5.27. The van der Waals surface area contributed by atoms with Crippen LogP contribution < -0.4 is 10.2 Å². The second-order valence-electron chi connectivity index (χ2n) is 6.04. The van der Waals surface area contributed by atoms with Crippen LogP contribution in [0.4, 0.5) is 17.2 Å². The molecule has 0 radical (unpaired) electrons. The minimum absolute atomic E-state index is 0.163. The lowest BCUT2D eigenvalue weighted by molar-refractivity contribution is 0.0983. The average Bonchev–Trinajstić information content (AvgIpc) is 2.67. The predicted octanol–water partition coefficient (Wildman–Crippen LogP) is 4.50. The molecule has 1 heterocycles. The van der Waals surface area contributed by atoms with Crippen molar-refractivity contribution in [2.45, 2.75) is 20.8 Å². The molecule has 0 aliphatic carbocycles. The van der Waals surface area contributed by atoms with Gasteiger partial charge in [-0.15, -0.1) is 0 Å². The predicted molar refractivity (Wildman–Crippen MR) is 105 cm³/mol. The van der Waals surface area contributed by atoms with E-state index < -0.39 is 0 Å². The van der Waals surface area contributed by atoms with Crippen molar-refractivity contribution in [2.75, 3.05) is 16.8 Å². The zero-order valence-corrected chi connectivity index (χ0v) is 15.2. The topological polar surface area (TPSA) is 58.1 Å². The molecule has 3 rings (SSSR count). The summed E-state index contributed by atoms with van der Waals surface area (Å²) in [6, 6.07) is 15.6. The third-order valence-electron chi connectivity index (χ3n) is 4.37. The fraction of sp³-hybridized carbons (Fsp3) is 0.190. The summed E-state index contributed by atoms with van der Waals surface area (Å²) < 4.78 is 0. The lowest BCUT2D eigenvalue weighted by atomic mass is 10.1. The Morgan fingerprint density at radius 3 is 2.42 bits per heavy atom. The molecular weight excluding hydrogens is 324 g/mol. The van der Waals surface area contributed by atoms with E-state index in [1.165, 1.54) is 11.8 Å². The van der Waals surface area contributed by atoms with E-state index in [-0.39, 0.29) is 5.91 Å². The van der Waals surface area contributed by atoms with Gasteiger partial charge in [0, 0.05) is 17.9 Å². The Morgan fingerprint density at radius 2 is 1.77 bits per heavy atom. The summed E-state index contributed by atoms with van der Waals surface area (Å²) in [4.78, 5) is 23.1. The molecule has 0 aliphatic rings. The number of amides is 1. The number of rotatable bonds is 5. The summed E-state index contributed by atoms with van der Waals surface area (Å²) in [5.41, 5.74) is 4.52. The summed E-state index contributed by atoms with van der Waals surface area (Å²) in [5.74, 6) is 0.447. The maximum atomic E-state index is 12.7. The molecule has 0 bridgehead atoms. The Bertz CT molecular complexity index is 892. The van der Waals surface area contributed by atoms with E-state index in [1.54, 1.807) is 11.1 Å². The van der Waals surface area contributed by atoms with Crippen LogP contribution in [-0.4, -0.2) is 22.4 Å². The molecule has 1 aromatic heterocycles. The fourth-order valence-corrected chi connectivity index (χ4v) is 2.72. The first-order chi connectivity index (χ1) is 12.6. The lowest BCUT2D eigenvalue weighted by Crippen LogP contribution is -2.31. The minimum Gasteiger partial charge on any atom is -0.339 e. The van der Waals surface area contributed by atoms with Crippen molar-refractivity contribution in [2.24, 2.45) is 0 Å². The number of hydrogen-bond donors (Lipinski definition) is 1. The van der Waals surface area contributed by atoms with Crippen LogP contribution in [0.25, 0.3) is 0 Å². The Labute approximate surface area is 153 Å². The summed E-state index contributed by atoms with van der Waals surface area (Å²) in [7, 11) is 0. The number of carbonyl (C=O) groups excluding carboxylic acids is 1. The Balaban J connectivity index is 1.78. The molecule has 5 heteroatoms. The average molecular weight is 346 g/mol. The van der Waals surface area contributed by atoms with Crippen LogP contribution in [0.15, 0.2) is 60.9 Å². The van der Waals surface area contributed by atoms with Gasteiger partial charge in [-0.1, -0.05) is 30.3 Å². The first-order valence-electron chi connectivity index (χ1n) is 8.62. The maximum Gasteiger partial charge on any atom is 0.278 e. The van der Waals surface area contributed by atoms with E-state index in [4.69, 9.17) is 0 Å². The molecule has 0 atom stereocenters. The second kappa shape index (κ2) is 7.78. The van der Waals surface area contributed by atoms with E-state index in [1.807, 2.05) is 49.4 Å². The van der Waals surface area contributed by atoms with Crippen molar-refractivity contribution < 1.29 is 4.79 Å². The van der Waals surface area contributed by atoms with Crippen LogP contribution in [0.3, 0.4) is 0 Å². The van der Waals surface area contributed by atoms with Crippen molar-refractivity contribution in [1.29, 1.82) is 0 Å². The van der Waals surface area contributed by atoms with Crippen LogP contribution in [-0.2, 0) is 0 Å². The van der Waals surface area contributed by atoms with E-state index in [0.29, 0.717) is 18.1 Å². The first-order valence-corrected chi connectivity index (χ1v) is 8.62. The van der Waals surface area contributed by atoms with Crippen molar-refractivity contribution in [1.82, 2.24) is 9.97 Å². The van der Waals surface area contributed by atoms with Crippen LogP contribution in [0.5, 0.6) is 0 Å². The summed E-state index contributed by atoms with van der Waals surface area (Å²) in [5, 5.41) is 3.26. The molecular formula is C21H22N4O. The van der Waals surface area contributed by atoms with Crippen LogP contribution >= 0.6 is 0 Å². The van der Waals surface area contributed by atoms with Gasteiger partial charge in [0.2, 0.25) is 0 Å². The smallest absolute Gasteiger partial charge is 0.278 e. The van der Waals surface area contributed by atoms with E-state index in [2.05, 4.69) is 35.2 Å². The Morgan fingerprint density at radius 1 is 1.00 bits per heavy atom. The molecule has 0 saturated heterocycles. The molecule has 5 nitrogen and oxygen atoms in total. The van der Waals surface area contributed by atoms with Crippen molar-refractivity contribution >= 4 is 23.1 Å². The highest BCUT2D eigenvalue weighted by Gasteiger charge is 2.17. The highest BCUT2D eigenvalue weighted by atomic mass is 16.2. The van der Waals surface area contributed by atoms with Gasteiger partial charge in [0.1, 0.15) is 11.5 Å². The van der Waals surface area contributed by atoms with Crippen LogP contribution in [0.1, 0.15) is 28.5 Å². The van der Waals surface area contributed by atoms with Crippen LogP contribution in [0.2, 0.25) is 0 Å². The van der Waals surface area contributed by atoms with Gasteiger partial charge in [-0.2, -0.15) is 0 Å². The number of carbonyl (C=O) groups is 1. The molecule has 1 amide bonds. The largest absolute Gasteiger partial charge is 0.339 e. The number of hydrogen-bond acceptors (Lipinski definition) is 4. The van der Waals surface area contributed by atoms with E-state index in [9.17, 15) is 4.79 Å². The number of aryl methyl sites for hydroxylation is 1. The monoisotopic (exact) mass is 346 g/mol. The van der Waals surface area contributed by atoms with Crippen molar-refractivity contribution in [3.05, 3.63) is 77.7 Å². The van der Waals surface area contributed by atoms with E-state index >= 15 is 0 Å². The molecule has 0 unspecified atom stereocenters. The second-order valence-corrected chi connectivity index (χ2v) is 6.04. The maximum absolute atomic E-state index is 12.7. The van der Waals surface area contributed by atoms with Crippen LogP contribution in [0, 0.1) is 13.8 Å². The summed E-state index contributed by atoms with van der Waals surface area (Å²) in [6.07, 6.45) is 3.11. The van der Waals surface area contributed by atoms with Gasteiger partial charge < -0.3 is 10.2 Å². The minimum atomic E-state index is -0.163. The van der Waals surface area contributed by atoms with Crippen molar-refractivity contribution in [3.63, 3.8) is 0 Å². The third-order valence-corrected chi connectivity index (χ3v) is 4.37. The molecule has 0 aliphatic heterocycles. The molecule has 0 fully saturated rings. The Hall–Kier alpha value is -3.21. The molecule has 26 heavy (non-hydrogen) atoms. The molecule has 0 spiro atoms. The van der Waals surface area contributed by atoms with Crippen molar-refractivity contribution in [3.8, 4) is 0 Å². The molecule has 2 aromatic carbocycles. The SMILES string of the molecule is CCN(C(=O)c1cnc(Nc2cccc(C)c2C)cn1)c1ccccc1. The number of para-hydroxylation sites is 1. The number of nitrogens with zero attached hydrogens (tertiary/aromatic N) is 3. The number of anilines is 3. The molecule has 0 saturated carbocycles. The normalized spacial score (nSPS) is 10.4. The first kappa shape index (κ1) is 17.6. The highest BCUT2D eigenvalue weighted by molar-refractivity contribution is 6.04. The zero-order valence-electron chi connectivity index (χ0n) is 15.2. The standard InChI is InChI=1S/C21H22N4O/c1-4-25(17-10-6-5-7-11-17)21(26)19-13-23-20(14-22-19)24-18-12-8-9-15(2)16(18)3/h5-14H,4H2,1-3H3,(H,23,24). The molecule has 3 aromatic rings. The number of aromatic nitrogens is 2. The lowest BCUT2D eigenvalue weighted by Gasteiger charge is -2.20. The van der Waals surface area contributed by atoms with Gasteiger partial charge in [0.25, 0.3) is 5.91 Å². The number of nitrogens with one attached hydrogen (secondary N) is 1. The zero-order chi connectivity index (χ0) is 18.5. The molecule has 132 valence electrons. The van der Waals surface area contributed by atoms with Gasteiger partial charge in [-0.3, -0.25) is 4.79 Å². The van der Waals surface area contributed by atoms with Gasteiger partial charge in [-0.25, -0.2) is 9.97 Å². The van der Waals surface area contributed by atoms with Gasteiger partial charge >= 0.3 is 0 Å². The third kappa shape index (κ3) is 3.72. The molecule has 1 N–H and O–H groups in total. The fourth-order valence-electron chi connectivity index (χ4n) is 2.72. The van der Waals surface area contributed by atoms with E-state index in [0.717, 1.165) is 16.9 Å².